The largest absolute Gasteiger partial charge is 0.395 e. The molecule has 116 valence electrons. The van der Waals surface area contributed by atoms with Crippen LogP contribution in [0.25, 0.3) is 21.5 Å². The van der Waals surface area contributed by atoms with Gasteiger partial charge in [-0.2, -0.15) is 0 Å². The molecule has 3 atom stereocenters. The molecule has 1 aliphatic heterocycles. The second-order valence-corrected chi connectivity index (χ2v) is 5.16. The van der Waals surface area contributed by atoms with Crippen molar-refractivity contribution in [3.8, 4) is 0 Å². The predicted molar refractivity (Wildman–Crippen MR) is 76.0 cm³/mol. The Labute approximate surface area is 124 Å². The van der Waals surface area contributed by atoms with Crippen molar-refractivity contribution in [2.45, 2.75) is 24.8 Å². The molecule has 3 heterocycles. The van der Waals surface area contributed by atoms with Gasteiger partial charge < -0.3 is 20.3 Å². The molecule has 1 saturated heterocycles. The minimum absolute atomic E-state index is 0.207. The van der Waals surface area contributed by atoms with Crippen LogP contribution in [0.15, 0.2) is 17.6 Å². The van der Waals surface area contributed by atoms with Crippen LogP contribution in [-0.2, 0) is 6.54 Å². The molecule has 0 bridgehead atoms. The number of hydrogen-bond acceptors (Lipinski definition) is 7. The lowest BCUT2D eigenvalue weighted by Gasteiger charge is -2.23. The number of nitrogens with zero attached hydrogens (tertiary/aromatic N) is 6. The second kappa shape index (κ2) is 5.87. The number of nitrogens with one attached hydrogen (secondary N) is 1. The Kier molecular flexibility index (Phi) is 3.92. The molecule has 2 aromatic heterocycles. The number of likely N-dealkylation sites (tertiary alicyclic amines) is 1. The Hall–Kier alpha value is -2.23. The van der Waals surface area contributed by atoms with Gasteiger partial charge in [-0.1, -0.05) is 0 Å². The highest BCUT2D eigenvalue weighted by Gasteiger charge is 2.39. The van der Waals surface area contributed by atoms with Gasteiger partial charge in [-0.3, -0.25) is 4.90 Å². The molecular formula is C12H15N7O3. The molecule has 3 unspecified atom stereocenters. The molecule has 10 heteroatoms. The van der Waals surface area contributed by atoms with Crippen molar-refractivity contribution in [2.75, 3.05) is 13.2 Å². The smallest absolute Gasteiger partial charge is 0.154 e. The second-order valence-electron chi connectivity index (χ2n) is 5.16. The van der Waals surface area contributed by atoms with Gasteiger partial charge in [0.15, 0.2) is 5.82 Å². The lowest BCUT2D eigenvalue weighted by atomic mass is 10.1. The lowest BCUT2D eigenvalue weighted by molar-refractivity contribution is 0.0210. The van der Waals surface area contributed by atoms with E-state index in [0.29, 0.717) is 17.6 Å². The van der Waals surface area contributed by atoms with Crippen LogP contribution >= 0.6 is 0 Å². The first-order chi connectivity index (χ1) is 10.7. The fourth-order valence-electron chi connectivity index (χ4n) is 2.80. The minimum Gasteiger partial charge on any atom is -0.395 e. The summed E-state index contributed by atoms with van der Waals surface area (Å²) in [5.74, 6) is 0.207. The van der Waals surface area contributed by atoms with E-state index in [1.807, 2.05) is 0 Å². The topological polar surface area (TPSA) is 154 Å². The van der Waals surface area contributed by atoms with Crippen molar-refractivity contribution < 1.29 is 15.3 Å². The molecule has 0 saturated carbocycles. The van der Waals surface area contributed by atoms with E-state index in [9.17, 15) is 15.3 Å². The SMILES string of the molecule is [N-]=[N+]=Nc1ncnc2c(CN3CC(O)C(O)C3CO)c[nH]c12. The monoisotopic (exact) mass is 305 g/mol. The third-order valence-electron chi connectivity index (χ3n) is 3.90. The summed E-state index contributed by atoms with van der Waals surface area (Å²) in [7, 11) is 0. The predicted octanol–water partition coefficient (Wildman–Crippen LogP) is -0.202. The number of aromatic amines is 1. The third-order valence-corrected chi connectivity index (χ3v) is 3.90. The third kappa shape index (κ3) is 2.39. The number of fused-ring (bicyclic) bond motifs is 1. The molecule has 10 nitrogen and oxygen atoms in total. The standard InChI is InChI=1S/C12H15N7O3/c13-18-17-12-10-9(15-5-16-12)6(1-14-10)2-19-3-8(21)11(22)7(19)4-20/h1,5,7-8,11,14,20-22H,2-4H2. The minimum atomic E-state index is -0.983. The number of aliphatic hydroxyl groups excluding tert-OH is 3. The molecule has 0 aromatic carbocycles. The Morgan fingerprint density at radius 2 is 2.27 bits per heavy atom. The number of H-pyrrole nitrogens is 1. The normalized spacial score (nSPS) is 25.5. The Morgan fingerprint density at radius 1 is 1.45 bits per heavy atom. The van der Waals surface area contributed by atoms with Crippen LogP contribution < -0.4 is 0 Å². The zero-order valence-electron chi connectivity index (χ0n) is 11.5. The lowest BCUT2D eigenvalue weighted by Crippen LogP contribution is -2.38. The van der Waals surface area contributed by atoms with Gasteiger partial charge in [-0.15, -0.1) is 0 Å². The molecule has 0 aliphatic carbocycles. The van der Waals surface area contributed by atoms with E-state index in [-0.39, 0.29) is 19.0 Å². The molecule has 0 radical (unpaired) electrons. The molecule has 2 aromatic rings. The Bertz CT molecular complexity index is 727. The summed E-state index contributed by atoms with van der Waals surface area (Å²) >= 11 is 0. The number of aliphatic hydroxyl groups is 3. The van der Waals surface area contributed by atoms with Crippen LogP contribution in [-0.4, -0.2) is 66.6 Å². The summed E-state index contributed by atoms with van der Waals surface area (Å²) in [6.45, 7) is 0.388. The fraction of sp³-hybridized carbons (Fsp3) is 0.500. The van der Waals surface area contributed by atoms with Crippen LogP contribution in [0.4, 0.5) is 5.82 Å². The first-order valence-corrected chi connectivity index (χ1v) is 6.72. The van der Waals surface area contributed by atoms with Crippen molar-refractivity contribution in [2.24, 2.45) is 5.11 Å². The Balaban J connectivity index is 1.92. The molecule has 0 spiro atoms. The van der Waals surface area contributed by atoms with Crippen LogP contribution in [0.3, 0.4) is 0 Å². The van der Waals surface area contributed by atoms with Gasteiger partial charge in [0.25, 0.3) is 0 Å². The summed E-state index contributed by atoms with van der Waals surface area (Å²) in [6.07, 6.45) is 1.14. The van der Waals surface area contributed by atoms with E-state index in [2.05, 4.69) is 25.0 Å². The molecule has 1 fully saturated rings. The molecule has 4 N–H and O–H groups in total. The maximum Gasteiger partial charge on any atom is 0.154 e. The highest BCUT2D eigenvalue weighted by Crippen LogP contribution is 2.27. The van der Waals surface area contributed by atoms with Gasteiger partial charge in [0.05, 0.1) is 35.9 Å². The first kappa shape index (κ1) is 14.7. The van der Waals surface area contributed by atoms with Crippen molar-refractivity contribution in [3.63, 3.8) is 0 Å². The van der Waals surface area contributed by atoms with Crippen molar-refractivity contribution in [1.29, 1.82) is 0 Å². The molecule has 1 aliphatic rings. The van der Waals surface area contributed by atoms with Crippen LogP contribution in [0.1, 0.15) is 5.56 Å². The van der Waals surface area contributed by atoms with E-state index in [1.165, 1.54) is 6.33 Å². The van der Waals surface area contributed by atoms with Crippen molar-refractivity contribution in [3.05, 3.63) is 28.5 Å². The molecule has 0 amide bonds. The van der Waals surface area contributed by atoms with E-state index in [4.69, 9.17) is 5.53 Å². The zero-order chi connectivity index (χ0) is 15.7. The van der Waals surface area contributed by atoms with E-state index in [0.717, 1.165) is 5.56 Å². The van der Waals surface area contributed by atoms with Crippen LogP contribution in [0, 0.1) is 0 Å². The van der Waals surface area contributed by atoms with Crippen molar-refractivity contribution >= 4 is 16.9 Å². The quantitative estimate of drug-likeness (QED) is 0.348. The van der Waals surface area contributed by atoms with Gasteiger partial charge in [-0.25, -0.2) is 9.97 Å². The van der Waals surface area contributed by atoms with Gasteiger partial charge in [-0.05, 0) is 10.6 Å². The summed E-state index contributed by atoms with van der Waals surface area (Å²) in [4.78, 5) is 15.5. The number of azide groups is 1. The van der Waals surface area contributed by atoms with E-state index in [1.54, 1.807) is 11.1 Å². The number of rotatable bonds is 4. The maximum absolute atomic E-state index is 9.84. The van der Waals surface area contributed by atoms with Crippen LogP contribution in [0.2, 0.25) is 0 Å². The summed E-state index contributed by atoms with van der Waals surface area (Å²) in [6, 6.07) is -0.529. The van der Waals surface area contributed by atoms with Gasteiger partial charge in [0, 0.05) is 29.8 Å². The zero-order valence-corrected chi connectivity index (χ0v) is 11.5. The first-order valence-electron chi connectivity index (χ1n) is 6.72. The number of β-amino-alcohol motifs (C(OH)–C–C–N with tert-alkyl or cyclic N) is 1. The highest BCUT2D eigenvalue weighted by atomic mass is 16.3. The van der Waals surface area contributed by atoms with E-state index < -0.39 is 18.2 Å². The van der Waals surface area contributed by atoms with E-state index >= 15 is 0 Å². The van der Waals surface area contributed by atoms with Crippen molar-refractivity contribution in [1.82, 2.24) is 19.9 Å². The number of aromatic nitrogens is 3. The summed E-state index contributed by atoms with van der Waals surface area (Å²) in [5, 5.41) is 32.5. The molecular weight excluding hydrogens is 290 g/mol. The highest BCUT2D eigenvalue weighted by molar-refractivity contribution is 5.86. The van der Waals surface area contributed by atoms with Gasteiger partial charge in [0.2, 0.25) is 0 Å². The Morgan fingerprint density at radius 3 is 3.00 bits per heavy atom. The summed E-state index contributed by atoms with van der Waals surface area (Å²) in [5.41, 5.74) is 10.5. The fourth-order valence-corrected chi connectivity index (χ4v) is 2.80. The summed E-state index contributed by atoms with van der Waals surface area (Å²) < 4.78 is 0. The number of hydrogen-bond donors (Lipinski definition) is 4. The average Bonchev–Trinajstić information content (AvgIpc) is 3.03. The van der Waals surface area contributed by atoms with Gasteiger partial charge >= 0.3 is 0 Å². The molecule has 3 rings (SSSR count). The van der Waals surface area contributed by atoms with Crippen LogP contribution in [0.5, 0.6) is 0 Å². The average molecular weight is 305 g/mol. The molecule has 22 heavy (non-hydrogen) atoms. The van der Waals surface area contributed by atoms with Gasteiger partial charge in [0.1, 0.15) is 6.33 Å². The maximum atomic E-state index is 9.84.